The molecule has 0 aromatic heterocycles. The van der Waals surface area contributed by atoms with E-state index < -0.39 is 0 Å². The number of rotatable bonds is 3. The zero-order valence-corrected chi connectivity index (χ0v) is 9.23. The first-order chi connectivity index (χ1) is 7.79. The van der Waals surface area contributed by atoms with Crippen LogP contribution < -0.4 is 10.1 Å². The molecule has 1 atom stereocenters. The van der Waals surface area contributed by atoms with Crippen LogP contribution in [0.4, 0.5) is 0 Å². The van der Waals surface area contributed by atoms with Crippen LogP contribution in [0.15, 0.2) is 24.3 Å². The first kappa shape index (κ1) is 11.0. The molecule has 1 unspecified atom stereocenters. The molecule has 16 heavy (non-hydrogen) atoms. The summed E-state index contributed by atoms with van der Waals surface area (Å²) in [7, 11) is 1.61. The summed E-state index contributed by atoms with van der Waals surface area (Å²) in [5, 5.41) is 2.58. The number of benzene rings is 1. The van der Waals surface area contributed by atoms with Gasteiger partial charge in [-0.15, -0.1) is 0 Å². The summed E-state index contributed by atoms with van der Waals surface area (Å²) < 4.78 is 10.9. The molecule has 1 fully saturated rings. The monoisotopic (exact) mass is 221 g/mol. The van der Waals surface area contributed by atoms with E-state index >= 15 is 0 Å². The van der Waals surface area contributed by atoms with Crippen molar-refractivity contribution in [1.29, 1.82) is 0 Å². The maximum Gasteiger partial charge on any atom is 0.251 e. The van der Waals surface area contributed by atoms with Crippen LogP contribution in [0.5, 0.6) is 5.75 Å². The molecule has 4 nitrogen and oxygen atoms in total. The molecular formula is C12H15NO3. The normalized spacial score (nSPS) is 19.4. The van der Waals surface area contributed by atoms with Gasteiger partial charge in [0.15, 0.2) is 0 Å². The summed E-state index contributed by atoms with van der Waals surface area (Å²) in [4.78, 5) is 11.4. The van der Waals surface area contributed by atoms with Crippen LogP contribution in [0.1, 0.15) is 16.8 Å². The fourth-order valence-electron chi connectivity index (χ4n) is 1.65. The van der Waals surface area contributed by atoms with Gasteiger partial charge in [-0.1, -0.05) is 6.07 Å². The Balaban J connectivity index is 2.06. The Morgan fingerprint density at radius 3 is 3.12 bits per heavy atom. The van der Waals surface area contributed by atoms with Crippen molar-refractivity contribution >= 4 is 5.91 Å². The van der Waals surface area contributed by atoms with Crippen molar-refractivity contribution in [2.24, 2.45) is 0 Å². The summed E-state index contributed by atoms with van der Waals surface area (Å²) in [5.74, 6) is 0.615. The lowest BCUT2D eigenvalue weighted by Gasteiger charge is -2.12. The molecule has 0 spiro atoms. The van der Waals surface area contributed by atoms with E-state index in [2.05, 4.69) is 5.32 Å². The van der Waals surface area contributed by atoms with Crippen LogP contribution in [0.2, 0.25) is 0 Å². The summed E-state index contributed by atoms with van der Waals surface area (Å²) >= 11 is 0. The van der Waals surface area contributed by atoms with Crippen LogP contribution in [-0.2, 0) is 4.74 Å². The fraction of sp³-hybridized carbons (Fsp3) is 0.417. The van der Waals surface area contributed by atoms with E-state index in [1.807, 2.05) is 12.1 Å². The molecule has 1 aromatic rings. The Kier molecular flexibility index (Phi) is 3.41. The van der Waals surface area contributed by atoms with Crippen molar-refractivity contribution in [3.63, 3.8) is 0 Å². The lowest BCUT2D eigenvalue weighted by Crippen LogP contribution is -2.19. The van der Waals surface area contributed by atoms with Gasteiger partial charge in [0.05, 0.1) is 13.2 Å². The van der Waals surface area contributed by atoms with Gasteiger partial charge in [0.1, 0.15) is 11.9 Å². The number of amides is 1. The lowest BCUT2D eigenvalue weighted by molar-refractivity contribution is 0.0962. The maximum atomic E-state index is 11.4. The van der Waals surface area contributed by atoms with Crippen molar-refractivity contribution < 1.29 is 14.3 Å². The summed E-state index contributed by atoms with van der Waals surface area (Å²) in [6.45, 7) is 1.38. The Labute approximate surface area is 94.6 Å². The Morgan fingerprint density at radius 1 is 1.56 bits per heavy atom. The predicted octanol–water partition coefficient (Wildman–Crippen LogP) is 1.21. The van der Waals surface area contributed by atoms with E-state index in [9.17, 15) is 4.79 Å². The number of nitrogens with one attached hydrogen (secondary N) is 1. The summed E-state index contributed by atoms with van der Waals surface area (Å²) in [6.07, 6.45) is 1.02. The first-order valence-corrected chi connectivity index (χ1v) is 5.36. The molecule has 1 aliphatic rings. The highest BCUT2D eigenvalue weighted by Gasteiger charge is 2.17. The fourth-order valence-corrected chi connectivity index (χ4v) is 1.65. The molecule has 0 bridgehead atoms. The van der Waals surface area contributed by atoms with Crippen molar-refractivity contribution in [3.8, 4) is 5.75 Å². The van der Waals surface area contributed by atoms with Crippen molar-refractivity contribution in [1.82, 2.24) is 5.32 Å². The van der Waals surface area contributed by atoms with E-state index in [1.165, 1.54) is 0 Å². The van der Waals surface area contributed by atoms with E-state index in [-0.39, 0.29) is 12.0 Å². The number of carbonyl (C=O) groups is 1. The standard InChI is InChI=1S/C12H15NO3/c1-13-12(14)9-3-2-4-10(7-9)16-11-5-6-15-8-11/h2-4,7,11H,5-6,8H2,1H3,(H,13,14). The zero-order valence-electron chi connectivity index (χ0n) is 9.23. The second kappa shape index (κ2) is 4.99. The molecule has 1 amide bonds. The topological polar surface area (TPSA) is 47.6 Å². The Hall–Kier alpha value is -1.55. The van der Waals surface area contributed by atoms with E-state index in [0.29, 0.717) is 12.2 Å². The van der Waals surface area contributed by atoms with E-state index in [4.69, 9.17) is 9.47 Å². The smallest absolute Gasteiger partial charge is 0.251 e. The SMILES string of the molecule is CNC(=O)c1cccc(OC2CCOC2)c1. The minimum atomic E-state index is -0.104. The van der Waals surface area contributed by atoms with Crippen molar-refractivity contribution in [2.45, 2.75) is 12.5 Å². The van der Waals surface area contributed by atoms with Gasteiger partial charge in [0, 0.05) is 19.0 Å². The van der Waals surface area contributed by atoms with E-state index in [1.54, 1.807) is 19.2 Å². The van der Waals surface area contributed by atoms with Crippen LogP contribution in [0, 0.1) is 0 Å². The van der Waals surface area contributed by atoms with Crippen LogP contribution in [0.3, 0.4) is 0 Å². The third-order valence-corrected chi connectivity index (χ3v) is 2.51. The minimum Gasteiger partial charge on any atom is -0.488 e. The second-order valence-corrected chi connectivity index (χ2v) is 3.71. The number of carbonyl (C=O) groups excluding carboxylic acids is 1. The number of ether oxygens (including phenoxy) is 2. The Bertz CT molecular complexity index is 372. The van der Waals surface area contributed by atoms with Crippen LogP contribution in [0.25, 0.3) is 0 Å². The largest absolute Gasteiger partial charge is 0.488 e. The zero-order chi connectivity index (χ0) is 11.4. The van der Waals surface area contributed by atoms with Gasteiger partial charge in [-0.3, -0.25) is 4.79 Å². The molecule has 1 saturated heterocycles. The lowest BCUT2D eigenvalue weighted by atomic mass is 10.2. The third kappa shape index (κ3) is 2.52. The minimum absolute atomic E-state index is 0.104. The molecule has 0 radical (unpaired) electrons. The molecule has 1 N–H and O–H groups in total. The van der Waals surface area contributed by atoms with Crippen LogP contribution in [-0.4, -0.2) is 32.3 Å². The highest BCUT2D eigenvalue weighted by atomic mass is 16.5. The van der Waals surface area contributed by atoms with Crippen molar-refractivity contribution in [3.05, 3.63) is 29.8 Å². The summed E-state index contributed by atoms with van der Waals surface area (Å²) in [5.41, 5.74) is 0.610. The van der Waals surface area contributed by atoms with Gasteiger partial charge in [-0.05, 0) is 18.2 Å². The van der Waals surface area contributed by atoms with Gasteiger partial charge in [-0.2, -0.15) is 0 Å². The number of hydrogen-bond acceptors (Lipinski definition) is 3. The predicted molar refractivity (Wildman–Crippen MR) is 59.7 cm³/mol. The van der Waals surface area contributed by atoms with Gasteiger partial charge < -0.3 is 14.8 Å². The molecule has 1 aliphatic heterocycles. The molecule has 0 aliphatic carbocycles. The van der Waals surface area contributed by atoms with Gasteiger partial charge in [0.2, 0.25) is 0 Å². The molecule has 1 aromatic carbocycles. The quantitative estimate of drug-likeness (QED) is 0.834. The molecule has 1 heterocycles. The van der Waals surface area contributed by atoms with Gasteiger partial charge in [0.25, 0.3) is 5.91 Å². The Morgan fingerprint density at radius 2 is 2.44 bits per heavy atom. The second-order valence-electron chi connectivity index (χ2n) is 3.71. The average molecular weight is 221 g/mol. The molecule has 2 rings (SSSR count). The molecule has 0 saturated carbocycles. The first-order valence-electron chi connectivity index (χ1n) is 5.36. The number of hydrogen-bond donors (Lipinski definition) is 1. The van der Waals surface area contributed by atoms with Crippen molar-refractivity contribution in [2.75, 3.05) is 20.3 Å². The van der Waals surface area contributed by atoms with Gasteiger partial charge in [-0.25, -0.2) is 0 Å². The highest BCUT2D eigenvalue weighted by Crippen LogP contribution is 2.18. The molecule has 4 heteroatoms. The highest BCUT2D eigenvalue weighted by molar-refractivity contribution is 5.94. The van der Waals surface area contributed by atoms with Crippen LogP contribution >= 0.6 is 0 Å². The van der Waals surface area contributed by atoms with Gasteiger partial charge >= 0.3 is 0 Å². The average Bonchev–Trinajstić information content (AvgIpc) is 2.81. The third-order valence-electron chi connectivity index (χ3n) is 2.51. The summed E-state index contributed by atoms with van der Waals surface area (Å²) in [6, 6.07) is 7.18. The molecule has 86 valence electrons. The molecular weight excluding hydrogens is 206 g/mol. The van der Waals surface area contributed by atoms with E-state index in [0.717, 1.165) is 18.8 Å². The maximum absolute atomic E-state index is 11.4.